The van der Waals surface area contributed by atoms with Crippen molar-refractivity contribution in [1.29, 1.82) is 0 Å². The number of anilines is 1. The van der Waals surface area contributed by atoms with Gasteiger partial charge in [0.1, 0.15) is 5.82 Å². The number of hydrogen-bond acceptors (Lipinski definition) is 3. The average molecular weight is 298 g/mol. The maximum Gasteiger partial charge on any atom is 0.230 e. The maximum absolute atomic E-state index is 11.8. The van der Waals surface area contributed by atoms with Crippen molar-refractivity contribution in [3.63, 3.8) is 0 Å². The Labute approximate surface area is 107 Å². The second-order valence-corrected chi connectivity index (χ2v) is 4.87. The second kappa shape index (κ2) is 4.83. The molecule has 0 aliphatic carbocycles. The molecule has 0 aromatic carbocycles. The maximum atomic E-state index is 11.8. The highest BCUT2D eigenvalue weighted by atomic mass is 79.9. The second-order valence-electron chi connectivity index (χ2n) is 4.01. The van der Waals surface area contributed by atoms with Gasteiger partial charge in [-0.2, -0.15) is 0 Å². The molecule has 2 amide bonds. The summed E-state index contributed by atoms with van der Waals surface area (Å²) < 4.78 is 0.896. The molecule has 1 atom stereocenters. The normalized spacial score (nSPS) is 18.9. The summed E-state index contributed by atoms with van der Waals surface area (Å²) in [6, 6.07) is 1.78. The molecule has 1 unspecified atom stereocenters. The molecule has 1 fully saturated rings. The molecule has 5 nitrogen and oxygen atoms in total. The van der Waals surface area contributed by atoms with Crippen LogP contribution in [-0.2, 0) is 9.59 Å². The van der Waals surface area contributed by atoms with Crippen molar-refractivity contribution in [2.45, 2.75) is 13.3 Å². The number of aryl methyl sites for hydroxylation is 1. The van der Waals surface area contributed by atoms with Crippen molar-refractivity contribution in [2.75, 3.05) is 11.9 Å². The van der Waals surface area contributed by atoms with Crippen LogP contribution in [-0.4, -0.2) is 23.3 Å². The predicted molar refractivity (Wildman–Crippen MR) is 66.4 cm³/mol. The molecule has 0 bridgehead atoms. The Kier molecular flexibility index (Phi) is 3.42. The number of aromatic nitrogens is 1. The number of nitrogens with zero attached hydrogens (tertiary/aromatic N) is 1. The Hall–Kier alpha value is -1.43. The molecule has 90 valence electrons. The number of rotatable bonds is 2. The lowest BCUT2D eigenvalue weighted by atomic mass is 10.1. The molecule has 0 spiro atoms. The summed E-state index contributed by atoms with van der Waals surface area (Å²) >= 11 is 3.34. The van der Waals surface area contributed by atoms with Crippen LogP contribution in [0.25, 0.3) is 0 Å². The van der Waals surface area contributed by atoms with Crippen LogP contribution < -0.4 is 10.6 Å². The number of carbonyl (C=O) groups excluding carboxylic acids is 2. The fourth-order valence-corrected chi connectivity index (χ4v) is 1.84. The minimum Gasteiger partial charge on any atom is -0.355 e. The van der Waals surface area contributed by atoms with Crippen molar-refractivity contribution >= 4 is 33.6 Å². The summed E-state index contributed by atoms with van der Waals surface area (Å²) in [6.07, 6.45) is 1.89. The summed E-state index contributed by atoms with van der Waals surface area (Å²) in [7, 11) is 0. The van der Waals surface area contributed by atoms with E-state index in [0.717, 1.165) is 10.0 Å². The zero-order valence-electron chi connectivity index (χ0n) is 9.29. The minimum atomic E-state index is -0.298. The number of amides is 2. The van der Waals surface area contributed by atoms with E-state index >= 15 is 0 Å². The van der Waals surface area contributed by atoms with Crippen LogP contribution in [0.3, 0.4) is 0 Å². The molecule has 1 saturated heterocycles. The highest BCUT2D eigenvalue weighted by Crippen LogP contribution is 2.18. The Balaban J connectivity index is 2.03. The summed E-state index contributed by atoms with van der Waals surface area (Å²) in [5.74, 6) is -0.0361. The minimum absolute atomic E-state index is 0.0786. The molecule has 17 heavy (non-hydrogen) atoms. The third kappa shape index (κ3) is 2.82. The number of nitrogens with one attached hydrogen (secondary N) is 2. The molecule has 2 rings (SSSR count). The lowest BCUT2D eigenvalue weighted by molar-refractivity contribution is -0.123. The van der Waals surface area contributed by atoms with E-state index in [0.29, 0.717) is 12.4 Å². The van der Waals surface area contributed by atoms with E-state index < -0.39 is 0 Å². The van der Waals surface area contributed by atoms with Crippen LogP contribution in [0.1, 0.15) is 12.0 Å². The van der Waals surface area contributed by atoms with Crippen molar-refractivity contribution in [3.05, 3.63) is 22.3 Å². The lowest BCUT2D eigenvalue weighted by Gasteiger charge is -2.09. The number of hydrogen-bond donors (Lipinski definition) is 2. The molecule has 1 aliphatic heterocycles. The molecule has 0 radical (unpaired) electrons. The van der Waals surface area contributed by atoms with Crippen LogP contribution >= 0.6 is 15.9 Å². The summed E-state index contributed by atoms with van der Waals surface area (Å²) in [6.45, 7) is 2.32. The fourth-order valence-electron chi connectivity index (χ4n) is 1.63. The zero-order chi connectivity index (χ0) is 12.4. The van der Waals surface area contributed by atoms with Gasteiger partial charge in [-0.15, -0.1) is 0 Å². The standard InChI is InChI=1S/C11H12BrN3O2/c1-6-2-9(13-5-8(6)12)15-11(17)7-3-10(16)14-4-7/h2,5,7H,3-4H2,1H3,(H,14,16)(H,13,15,17). The Morgan fingerprint density at radius 3 is 3.00 bits per heavy atom. The molecule has 1 aromatic rings. The SMILES string of the molecule is Cc1cc(NC(=O)C2CNC(=O)C2)ncc1Br. The van der Waals surface area contributed by atoms with Crippen molar-refractivity contribution in [1.82, 2.24) is 10.3 Å². The van der Waals surface area contributed by atoms with Gasteiger partial charge in [-0.1, -0.05) is 0 Å². The topological polar surface area (TPSA) is 71.1 Å². The molecular formula is C11H12BrN3O2. The highest BCUT2D eigenvalue weighted by molar-refractivity contribution is 9.10. The lowest BCUT2D eigenvalue weighted by Crippen LogP contribution is -2.25. The third-order valence-corrected chi connectivity index (χ3v) is 3.48. The summed E-state index contributed by atoms with van der Waals surface area (Å²) in [5, 5.41) is 5.34. The van der Waals surface area contributed by atoms with Crippen molar-refractivity contribution in [2.24, 2.45) is 5.92 Å². The van der Waals surface area contributed by atoms with Crippen LogP contribution in [0.4, 0.5) is 5.82 Å². The molecule has 2 N–H and O–H groups in total. The van der Waals surface area contributed by atoms with E-state index in [9.17, 15) is 9.59 Å². The molecule has 1 aromatic heterocycles. The Morgan fingerprint density at radius 1 is 1.65 bits per heavy atom. The Morgan fingerprint density at radius 2 is 2.41 bits per heavy atom. The smallest absolute Gasteiger partial charge is 0.230 e. The number of pyridine rings is 1. The van der Waals surface area contributed by atoms with Gasteiger partial charge >= 0.3 is 0 Å². The van der Waals surface area contributed by atoms with E-state index in [1.54, 1.807) is 12.3 Å². The quantitative estimate of drug-likeness (QED) is 0.862. The van der Waals surface area contributed by atoms with Crippen LogP contribution in [0.15, 0.2) is 16.7 Å². The van der Waals surface area contributed by atoms with Gasteiger partial charge in [-0.25, -0.2) is 4.98 Å². The average Bonchev–Trinajstić information content (AvgIpc) is 2.70. The van der Waals surface area contributed by atoms with Crippen LogP contribution in [0, 0.1) is 12.8 Å². The van der Waals surface area contributed by atoms with Gasteiger partial charge in [-0.3, -0.25) is 9.59 Å². The van der Waals surface area contributed by atoms with Crippen molar-refractivity contribution < 1.29 is 9.59 Å². The molecule has 0 saturated carbocycles. The zero-order valence-corrected chi connectivity index (χ0v) is 10.9. The van der Waals surface area contributed by atoms with Crippen molar-refractivity contribution in [3.8, 4) is 0 Å². The first kappa shape index (κ1) is 12.0. The van der Waals surface area contributed by atoms with Gasteiger partial charge < -0.3 is 10.6 Å². The molecule has 6 heteroatoms. The van der Waals surface area contributed by atoms with Gasteiger partial charge in [0.15, 0.2) is 0 Å². The number of carbonyl (C=O) groups is 2. The summed E-state index contributed by atoms with van der Waals surface area (Å²) in [5.41, 5.74) is 0.996. The van der Waals surface area contributed by atoms with Gasteiger partial charge in [0.25, 0.3) is 0 Å². The van der Waals surface area contributed by atoms with Crippen LogP contribution in [0.2, 0.25) is 0 Å². The van der Waals surface area contributed by atoms with Gasteiger partial charge in [0.05, 0.1) is 5.92 Å². The monoisotopic (exact) mass is 297 g/mol. The third-order valence-electron chi connectivity index (χ3n) is 2.65. The van der Waals surface area contributed by atoms with Gasteiger partial charge in [-0.05, 0) is 34.5 Å². The van der Waals surface area contributed by atoms with Gasteiger partial charge in [0.2, 0.25) is 11.8 Å². The number of halogens is 1. The molecular weight excluding hydrogens is 286 g/mol. The predicted octanol–water partition coefficient (Wildman–Crippen LogP) is 1.23. The van der Waals surface area contributed by atoms with E-state index in [2.05, 4.69) is 31.5 Å². The fraction of sp³-hybridized carbons (Fsp3) is 0.364. The summed E-state index contributed by atoms with van der Waals surface area (Å²) in [4.78, 5) is 26.9. The largest absolute Gasteiger partial charge is 0.355 e. The van der Waals surface area contributed by atoms with E-state index in [1.165, 1.54) is 0 Å². The first-order valence-corrected chi connectivity index (χ1v) is 6.05. The van der Waals surface area contributed by atoms with Crippen LogP contribution in [0.5, 0.6) is 0 Å². The van der Waals surface area contributed by atoms with E-state index in [-0.39, 0.29) is 24.2 Å². The highest BCUT2D eigenvalue weighted by Gasteiger charge is 2.28. The first-order chi connectivity index (χ1) is 8.06. The molecule has 2 heterocycles. The Bertz CT molecular complexity index is 476. The first-order valence-electron chi connectivity index (χ1n) is 5.26. The van der Waals surface area contributed by atoms with Gasteiger partial charge in [0, 0.05) is 23.6 Å². The molecule has 1 aliphatic rings. The van der Waals surface area contributed by atoms with E-state index in [4.69, 9.17) is 0 Å². The van der Waals surface area contributed by atoms with E-state index in [1.807, 2.05) is 6.92 Å².